The van der Waals surface area contributed by atoms with Crippen LogP contribution in [0.4, 0.5) is 5.82 Å². The Hall–Kier alpha value is -1.37. The molecule has 0 aliphatic rings. The van der Waals surface area contributed by atoms with Gasteiger partial charge in [0.25, 0.3) is 0 Å². The minimum atomic E-state index is -1.08. The summed E-state index contributed by atoms with van der Waals surface area (Å²) in [6.45, 7) is 2.07. The number of halogens is 1. The van der Waals surface area contributed by atoms with Crippen LogP contribution in [0.2, 0.25) is 5.02 Å². The van der Waals surface area contributed by atoms with Crippen molar-refractivity contribution < 1.29 is 19.4 Å². The predicted molar refractivity (Wildman–Crippen MR) is 67.4 cm³/mol. The Morgan fingerprint density at radius 2 is 2.28 bits per heavy atom. The summed E-state index contributed by atoms with van der Waals surface area (Å²) in [6, 6.07) is 1.39. The van der Waals surface area contributed by atoms with E-state index < -0.39 is 5.97 Å². The van der Waals surface area contributed by atoms with Gasteiger partial charge >= 0.3 is 5.97 Å². The highest BCUT2D eigenvalue weighted by atomic mass is 35.5. The van der Waals surface area contributed by atoms with Gasteiger partial charge in [0.05, 0.1) is 30.4 Å². The molecule has 0 aromatic carbocycles. The number of pyridine rings is 1. The number of carbonyl (C=O) groups is 1. The Kier molecular flexibility index (Phi) is 6.42. The van der Waals surface area contributed by atoms with Crippen LogP contribution < -0.4 is 5.32 Å². The Balaban J connectivity index is 2.38. The van der Waals surface area contributed by atoms with Gasteiger partial charge < -0.3 is 19.9 Å². The summed E-state index contributed by atoms with van der Waals surface area (Å²) >= 11 is 5.70. The van der Waals surface area contributed by atoms with Crippen molar-refractivity contribution in [2.45, 2.75) is 0 Å². The minimum Gasteiger partial charge on any atom is -0.478 e. The molecule has 7 heteroatoms. The molecular weight excluding hydrogens is 260 g/mol. The minimum absolute atomic E-state index is 0.0227. The molecule has 1 rings (SSSR count). The van der Waals surface area contributed by atoms with Crippen molar-refractivity contribution in [3.05, 3.63) is 22.8 Å². The molecule has 0 unspecified atom stereocenters. The Morgan fingerprint density at radius 3 is 2.94 bits per heavy atom. The number of nitrogens with zero attached hydrogens (tertiary/aromatic N) is 1. The van der Waals surface area contributed by atoms with Gasteiger partial charge in [0.1, 0.15) is 5.82 Å². The largest absolute Gasteiger partial charge is 0.478 e. The summed E-state index contributed by atoms with van der Waals surface area (Å²) in [7, 11) is 1.60. The molecule has 0 aliphatic carbocycles. The van der Waals surface area contributed by atoms with Crippen molar-refractivity contribution in [1.82, 2.24) is 4.98 Å². The summed E-state index contributed by atoms with van der Waals surface area (Å²) in [6.07, 6.45) is 1.30. The molecule has 1 aromatic heterocycles. The molecule has 0 saturated carbocycles. The summed E-state index contributed by atoms with van der Waals surface area (Å²) in [5.41, 5.74) is 0.0227. The highest BCUT2D eigenvalue weighted by molar-refractivity contribution is 6.33. The maximum atomic E-state index is 10.8. The van der Waals surface area contributed by atoms with Crippen LogP contribution in [0.1, 0.15) is 10.4 Å². The van der Waals surface area contributed by atoms with Gasteiger partial charge in [-0.3, -0.25) is 0 Å². The van der Waals surface area contributed by atoms with E-state index in [1.165, 1.54) is 12.3 Å². The van der Waals surface area contributed by atoms with E-state index in [2.05, 4.69) is 10.3 Å². The predicted octanol–water partition coefficient (Wildman–Crippen LogP) is 1.51. The second-order valence-corrected chi connectivity index (χ2v) is 3.79. The average molecular weight is 275 g/mol. The number of carboxylic acid groups (broad SMARTS) is 1. The van der Waals surface area contributed by atoms with Gasteiger partial charge in [-0.2, -0.15) is 0 Å². The number of nitrogens with one attached hydrogen (secondary N) is 1. The van der Waals surface area contributed by atoms with Gasteiger partial charge in [0, 0.05) is 19.9 Å². The fourth-order valence-electron chi connectivity index (χ4n) is 1.19. The second-order valence-electron chi connectivity index (χ2n) is 3.39. The van der Waals surface area contributed by atoms with Crippen LogP contribution in [0, 0.1) is 0 Å². The number of ether oxygens (including phenoxy) is 2. The molecule has 0 atom stereocenters. The average Bonchev–Trinajstić information content (AvgIpc) is 2.35. The fourth-order valence-corrected chi connectivity index (χ4v) is 1.38. The summed E-state index contributed by atoms with van der Waals surface area (Å²) in [5, 5.41) is 11.9. The number of aromatic carboxylic acids is 1. The van der Waals surface area contributed by atoms with Gasteiger partial charge in [0.15, 0.2) is 0 Å². The first-order valence-electron chi connectivity index (χ1n) is 5.34. The van der Waals surface area contributed by atoms with E-state index in [4.69, 9.17) is 26.2 Å². The van der Waals surface area contributed by atoms with Crippen LogP contribution in [-0.4, -0.2) is 49.5 Å². The van der Waals surface area contributed by atoms with Crippen molar-refractivity contribution in [2.24, 2.45) is 0 Å². The van der Waals surface area contributed by atoms with Crippen molar-refractivity contribution in [3.63, 3.8) is 0 Å². The standard InChI is InChI=1S/C11H15ClN2O4/c1-17-4-5-18-3-2-13-10-6-8(11(15)16)9(12)7-14-10/h6-7H,2-5H2,1H3,(H,13,14)(H,15,16). The van der Waals surface area contributed by atoms with Crippen molar-refractivity contribution in [1.29, 1.82) is 0 Å². The van der Waals surface area contributed by atoms with Crippen LogP contribution in [0.25, 0.3) is 0 Å². The maximum Gasteiger partial charge on any atom is 0.337 e. The van der Waals surface area contributed by atoms with E-state index >= 15 is 0 Å². The van der Waals surface area contributed by atoms with E-state index in [1.54, 1.807) is 7.11 Å². The lowest BCUT2D eigenvalue weighted by Gasteiger charge is -2.07. The molecule has 0 aliphatic heterocycles. The van der Waals surface area contributed by atoms with Crippen LogP contribution in [0.3, 0.4) is 0 Å². The number of methoxy groups -OCH3 is 1. The van der Waals surface area contributed by atoms with Gasteiger partial charge in [-0.25, -0.2) is 9.78 Å². The molecule has 0 saturated heterocycles. The van der Waals surface area contributed by atoms with E-state index in [1.807, 2.05) is 0 Å². The Bertz CT molecular complexity index is 401. The first-order chi connectivity index (χ1) is 8.65. The monoisotopic (exact) mass is 274 g/mol. The SMILES string of the molecule is COCCOCCNc1cc(C(=O)O)c(Cl)cn1. The molecule has 0 fully saturated rings. The third kappa shape index (κ3) is 4.87. The van der Waals surface area contributed by atoms with Gasteiger partial charge in [-0.1, -0.05) is 11.6 Å². The van der Waals surface area contributed by atoms with Crippen LogP contribution in [0.15, 0.2) is 12.3 Å². The van der Waals surface area contributed by atoms with Crippen molar-refractivity contribution >= 4 is 23.4 Å². The molecule has 0 spiro atoms. The smallest absolute Gasteiger partial charge is 0.337 e. The molecule has 100 valence electrons. The van der Waals surface area contributed by atoms with Gasteiger partial charge in [-0.15, -0.1) is 0 Å². The number of hydrogen-bond donors (Lipinski definition) is 2. The van der Waals surface area contributed by atoms with Crippen molar-refractivity contribution in [3.8, 4) is 0 Å². The number of anilines is 1. The zero-order valence-electron chi connectivity index (χ0n) is 9.98. The fraction of sp³-hybridized carbons (Fsp3) is 0.455. The number of rotatable bonds is 8. The van der Waals surface area contributed by atoms with Gasteiger partial charge in [-0.05, 0) is 6.07 Å². The third-order valence-corrected chi connectivity index (χ3v) is 2.37. The van der Waals surface area contributed by atoms with Crippen LogP contribution >= 0.6 is 11.6 Å². The van der Waals surface area contributed by atoms with E-state index in [9.17, 15) is 4.79 Å². The maximum absolute atomic E-state index is 10.8. The number of carboxylic acids is 1. The quantitative estimate of drug-likeness (QED) is 0.700. The third-order valence-electron chi connectivity index (χ3n) is 2.07. The van der Waals surface area contributed by atoms with E-state index in [0.717, 1.165) is 0 Å². The van der Waals surface area contributed by atoms with Crippen molar-refractivity contribution in [2.75, 3.05) is 38.8 Å². The first-order valence-corrected chi connectivity index (χ1v) is 5.72. The Morgan fingerprint density at radius 1 is 1.50 bits per heavy atom. The Labute approximate surface area is 110 Å². The number of aromatic nitrogens is 1. The second kappa shape index (κ2) is 7.86. The van der Waals surface area contributed by atoms with E-state index in [-0.39, 0.29) is 10.6 Å². The number of hydrogen-bond acceptors (Lipinski definition) is 5. The molecule has 0 amide bonds. The molecule has 0 radical (unpaired) electrons. The lowest BCUT2D eigenvalue weighted by Crippen LogP contribution is -2.13. The lowest BCUT2D eigenvalue weighted by atomic mass is 10.2. The summed E-state index contributed by atoms with van der Waals surface area (Å²) < 4.78 is 10.1. The zero-order valence-corrected chi connectivity index (χ0v) is 10.7. The zero-order chi connectivity index (χ0) is 13.4. The molecule has 0 bridgehead atoms. The molecule has 18 heavy (non-hydrogen) atoms. The normalized spacial score (nSPS) is 10.3. The lowest BCUT2D eigenvalue weighted by molar-refractivity contribution is 0.0697. The van der Waals surface area contributed by atoms with E-state index in [0.29, 0.717) is 32.2 Å². The highest BCUT2D eigenvalue weighted by Gasteiger charge is 2.09. The first kappa shape index (κ1) is 14.7. The van der Waals surface area contributed by atoms with Gasteiger partial charge in [0.2, 0.25) is 0 Å². The summed E-state index contributed by atoms with van der Waals surface area (Å²) in [4.78, 5) is 14.8. The summed E-state index contributed by atoms with van der Waals surface area (Å²) in [5.74, 6) is -0.631. The van der Waals surface area contributed by atoms with Crippen LogP contribution in [-0.2, 0) is 9.47 Å². The highest BCUT2D eigenvalue weighted by Crippen LogP contribution is 2.17. The molecule has 1 aromatic rings. The topological polar surface area (TPSA) is 80.7 Å². The molecule has 6 nitrogen and oxygen atoms in total. The molecule has 1 heterocycles. The van der Waals surface area contributed by atoms with Crippen LogP contribution in [0.5, 0.6) is 0 Å². The molecular formula is C11H15ClN2O4. The molecule has 2 N–H and O–H groups in total.